The Hall–Kier alpha value is -1.11. The molecule has 22 heavy (non-hydrogen) atoms. The van der Waals surface area contributed by atoms with E-state index in [1.54, 1.807) is 11.9 Å². The molecule has 6 nitrogen and oxygen atoms in total. The van der Waals surface area contributed by atoms with Crippen molar-refractivity contribution >= 4 is 21.7 Å². The number of hydrogen-bond donors (Lipinski definition) is 0. The quantitative estimate of drug-likeness (QED) is 0.753. The van der Waals surface area contributed by atoms with Crippen molar-refractivity contribution in [2.24, 2.45) is 5.92 Å². The number of rotatable bonds is 3. The Kier molecular flexibility index (Phi) is 4.18. The molecule has 0 aromatic rings. The van der Waals surface area contributed by atoms with E-state index in [1.165, 1.54) is 0 Å². The fourth-order valence-corrected chi connectivity index (χ4v) is 5.79. The summed E-state index contributed by atoms with van der Waals surface area (Å²) in [5, 5.41) is 0. The van der Waals surface area contributed by atoms with Crippen LogP contribution in [0.3, 0.4) is 0 Å². The van der Waals surface area contributed by atoms with Crippen molar-refractivity contribution in [2.45, 2.75) is 50.6 Å². The normalized spacial score (nSPS) is 31.9. The molecule has 2 heterocycles. The molecule has 2 saturated heterocycles. The Labute approximate surface area is 131 Å². The molecule has 0 aromatic carbocycles. The molecule has 3 fully saturated rings. The summed E-state index contributed by atoms with van der Waals surface area (Å²) in [6, 6.07) is 0.0793. The Morgan fingerprint density at radius 3 is 2.50 bits per heavy atom. The number of sulfone groups is 1. The first kappa shape index (κ1) is 15.8. The minimum atomic E-state index is -3.00. The molecular weight excluding hydrogens is 304 g/mol. The summed E-state index contributed by atoms with van der Waals surface area (Å²) < 4.78 is 23.1. The topological polar surface area (TPSA) is 74.8 Å². The fraction of sp³-hybridized carbons (Fsp3) is 0.867. The van der Waals surface area contributed by atoms with Gasteiger partial charge < -0.3 is 9.80 Å². The molecule has 124 valence electrons. The number of likely N-dealkylation sites (tertiary alicyclic amines) is 1. The van der Waals surface area contributed by atoms with Gasteiger partial charge in [0, 0.05) is 32.1 Å². The lowest BCUT2D eigenvalue weighted by atomic mass is 10.1. The summed E-state index contributed by atoms with van der Waals surface area (Å²) in [6.07, 6.45) is 5.20. The first-order chi connectivity index (χ1) is 10.4. The van der Waals surface area contributed by atoms with Gasteiger partial charge in [0.25, 0.3) is 0 Å². The smallest absolute Gasteiger partial charge is 0.228 e. The third-order valence-electron chi connectivity index (χ3n) is 5.38. The first-order valence-electron chi connectivity index (χ1n) is 8.14. The SMILES string of the molecule is CN(C(=O)C1CC(=O)N(C2CCCC2)C1)C1CCS(=O)(=O)C1. The van der Waals surface area contributed by atoms with E-state index in [9.17, 15) is 18.0 Å². The van der Waals surface area contributed by atoms with Crippen LogP contribution in [-0.2, 0) is 19.4 Å². The minimum Gasteiger partial charge on any atom is -0.341 e. The van der Waals surface area contributed by atoms with Crippen molar-refractivity contribution in [3.63, 3.8) is 0 Å². The van der Waals surface area contributed by atoms with E-state index in [0.29, 0.717) is 19.0 Å². The predicted molar refractivity (Wildman–Crippen MR) is 81.9 cm³/mol. The third-order valence-corrected chi connectivity index (χ3v) is 7.13. The van der Waals surface area contributed by atoms with Crippen LogP contribution in [0.2, 0.25) is 0 Å². The maximum atomic E-state index is 12.6. The van der Waals surface area contributed by atoms with Gasteiger partial charge in [-0.2, -0.15) is 0 Å². The van der Waals surface area contributed by atoms with E-state index in [0.717, 1.165) is 25.7 Å². The number of amides is 2. The second-order valence-electron chi connectivity index (χ2n) is 6.89. The molecule has 0 bridgehead atoms. The van der Waals surface area contributed by atoms with Crippen molar-refractivity contribution in [3.8, 4) is 0 Å². The monoisotopic (exact) mass is 328 g/mol. The summed E-state index contributed by atoms with van der Waals surface area (Å²) in [5.74, 6) is -0.0787. The van der Waals surface area contributed by atoms with Crippen LogP contribution >= 0.6 is 0 Å². The van der Waals surface area contributed by atoms with Gasteiger partial charge in [0.2, 0.25) is 11.8 Å². The predicted octanol–water partition coefficient (Wildman–Crippen LogP) is 0.423. The highest BCUT2D eigenvalue weighted by Crippen LogP contribution is 2.30. The van der Waals surface area contributed by atoms with E-state index in [4.69, 9.17) is 0 Å². The van der Waals surface area contributed by atoms with Crippen LogP contribution in [0.1, 0.15) is 38.5 Å². The standard InChI is InChI=1S/C15H24N2O4S/c1-16(13-6-7-22(20,21)10-13)15(19)11-8-14(18)17(9-11)12-4-2-3-5-12/h11-13H,2-10H2,1H3. The van der Waals surface area contributed by atoms with Gasteiger partial charge in [-0.15, -0.1) is 0 Å². The van der Waals surface area contributed by atoms with Gasteiger partial charge in [0.1, 0.15) is 0 Å². The molecule has 3 aliphatic rings. The largest absolute Gasteiger partial charge is 0.341 e. The van der Waals surface area contributed by atoms with E-state index in [2.05, 4.69) is 0 Å². The average molecular weight is 328 g/mol. The first-order valence-corrected chi connectivity index (χ1v) is 9.96. The third kappa shape index (κ3) is 3.00. The second kappa shape index (κ2) is 5.83. The van der Waals surface area contributed by atoms with Crippen LogP contribution in [0, 0.1) is 5.92 Å². The molecule has 2 amide bonds. The van der Waals surface area contributed by atoms with Gasteiger partial charge in [0.15, 0.2) is 9.84 Å². The van der Waals surface area contributed by atoms with Crippen molar-refractivity contribution < 1.29 is 18.0 Å². The molecule has 2 aliphatic heterocycles. The van der Waals surface area contributed by atoms with Crippen LogP contribution in [0.25, 0.3) is 0 Å². The van der Waals surface area contributed by atoms with Gasteiger partial charge in [-0.25, -0.2) is 8.42 Å². The lowest BCUT2D eigenvalue weighted by Gasteiger charge is -2.27. The van der Waals surface area contributed by atoms with E-state index >= 15 is 0 Å². The lowest BCUT2D eigenvalue weighted by molar-refractivity contribution is -0.136. The molecule has 2 atom stereocenters. The van der Waals surface area contributed by atoms with Crippen molar-refractivity contribution in [2.75, 3.05) is 25.1 Å². The molecule has 1 aliphatic carbocycles. The molecule has 0 N–H and O–H groups in total. The molecule has 2 unspecified atom stereocenters. The molecule has 0 aromatic heterocycles. The Morgan fingerprint density at radius 1 is 1.23 bits per heavy atom. The zero-order valence-electron chi connectivity index (χ0n) is 13.0. The summed E-state index contributed by atoms with van der Waals surface area (Å²) in [6.45, 7) is 0.506. The second-order valence-corrected chi connectivity index (χ2v) is 9.12. The summed E-state index contributed by atoms with van der Waals surface area (Å²) in [5.41, 5.74) is 0. The van der Waals surface area contributed by atoms with Gasteiger partial charge in [-0.3, -0.25) is 9.59 Å². The zero-order chi connectivity index (χ0) is 15.9. The number of carbonyl (C=O) groups excluding carboxylic acids is 2. The summed E-state index contributed by atoms with van der Waals surface area (Å²) in [7, 11) is -1.33. The molecule has 0 radical (unpaired) electrons. The van der Waals surface area contributed by atoms with Crippen molar-refractivity contribution in [3.05, 3.63) is 0 Å². The van der Waals surface area contributed by atoms with Crippen LogP contribution in [-0.4, -0.2) is 67.2 Å². The van der Waals surface area contributed by atoms with Crippen LogP contribution in [0.4, 0.5) is 0 Å². The number of hydrogen-bond acceptors (Lipinski definition) is 4. The van der Waals surface area contributed by atoms with Gasteiger partial charge in [0.05, 0.1) is 17.4 Å². The minimum absolute atomic E-state index is 0.0578. The van der Waals surface area contributed by atoms with E-state index in [-0.39, 0.29) is 41.7 Å². The van der Waals surface area contributed by atoms with E-state index < -0.39 is 9.84 Å². The molecule has 3 rings (SSSR count). The number of carbonyl (C=O) groups is 2. The van der Waals surface area contributed by atoms with E-state index in [1.807, 2.05) is 4.90 Å². The Balaban J connectivity index is 1.62. The summed E-state index contributed by atoms with van der Waals surface area (Å²) in [4.78, 5) is 28.2. The van der Waals surface area contributed by atoms with Crippen LogP contribution in [0.5, 0.6) is 0 Å². The molecule has 1 saturated carbocycles. The maximum Gasteiger partial charge on any atom is 0.228 e. The Bertz CT molecular complexity index is 568. The summed E-state index contributed by atoms with van der Waals surface area (Å²) >= 11 is 0. The highest BCUT2D eigenvalue weighted by molar-refractivity contribution is 7.91. The average Bonchev–Trinajstić information content (AvgIpc) is 3.16. The number of nitrogens with zero attached hydrogens (tertiary/aromatic N) is 2. The fourth-order valence-electron chi connectivity index (χ4n) is 4.01. The highest BCUT2D eigenvalue weighted by Gasteiger charge is 2.42. The van der Waals surface area contributed by atoms with Crippen LogP contribution < -0.4 is 0 Å². The van der Waals surface area contributed by atoms with Crippen LogP contribution in [0.15, 0.2) is 0 Å². The van der Waals surface area contributed by atoms with Crippen molar-refractivity contribution in [1.82, 2.24) is 9.80 Å². The van der Waals surface area contributed by atoms with Crippen molar-refractivity contribution in [1.29, 1.82) is 0 Å². The van der Waals surface area contributed by atoms with Gasteiger partial charge in [-0.05, 0) is 19.3 Å². The van der Waals surface area contributed by atoms with Gasteiger partial charge in [-0.1, -0.05) is 12.8 Å². The highest BCUT2D eigenvalue weighted by atomic mass is 32.2. The molecular formula is C15H24N2O4S. The maximum absolute atomic E-state index is 12.6. The molecule has 7 heteroatoms. The molecule has 0 spiro atoms. The zero-order valence-corrected chi connectivity index (χ0v) is 13.8. The lowest BCUT2D eigenvalue weighted by Crippen LogP contribution is -2.42. The van der Waals surface area contributed by atoms with Gasteiger partial charge >= 0.3 is 0 Å². The Morgan fingerprint density at radius 2 is 1.91 bits per heavy atom.